The van der Waals surface area contributed by atoms with Gasteiger partial charge < -0.3 is 5.32 Å². The van der Waals surface area contributed by atoms with Crippen LogP contribution in [0.1, 0.15) is 38.2 Å². The number of halogens is 1. The molecule has 3 amide bonds. The van der Waals surface area contributed by atoms with Crippen LogP contribution in [-0.2, 0) is 11.3 Å². The Kier molecular flexibility index (Phi) is 6.20. The van der Waals surface area contributed by atoms with E-state index in [0.29, 0.717) is 17.5 Å². The molecule has 5 nitrogen and oxygen atoms in total. The van der Waals surface area contributed by atoms with Crippen LogP contribution in [0.3, 0.4) is 0 Å². The van der Waals surface area contributed by atoms with E-state index in [1.165, 1.54) is 25.7 Å². The molecule has 3 rings (SSSR count). The van der Waals surface area contributed by atoms with Crippen LogP contribution in [0.4, 0.5) is 4.79 Å². The Bertz CT molecular complexity index is 666. The number of rotatable bonds is 6. The fraction of sp³-hybridized carbons (Fsp3) is 0.600. The van der Waals surface area contributed by atoms with E-state index < -0.39 is 6.03 Å². The molecule has 0 heterocycles. The van der Waals surface area contributed by atoms with Gasteiger partial charge in [0.05, 0.1) is 6.54 Å². The third-order valence-corrected chi connectivity index (χ3v) is 6.23. The van der Waals surface area contributed by atoms with E-state index in [-0.39, 0.29) is 18.5 Å². The molecule has 0 aromatic heterocycles. The summed E-state index contributed by atoms with van der Waals surface area (Å²) in [5, 5.41) is 6.08. The quantitative estimate of drug-likeness (QED) is 0.798. The molecule has 0 spiro atoms. The van der Waals surface area contributed by atoms with Crippen LogP contribution in [0.2, 0.25) is 5.02 Å². The van der Waals surface area contributed by atoms with E-state index in [4.69, 9.17) is 11.6 Å². The number of hydrogen-bond acceptors (Lipinski definition) is 3. The highest BCUT2D eigenvalue weighted by molar-refractivity contribution is 6.31. The van der Waals surface area contributed by atoms with E-state index in [0.717, 1.165) is 17.4 Å². The van der Waals surface area contributed by atoms with E-state index >= 15 is 0 Å². The molecule has 2 N–H and O–H groups in total. The van der Waals surface area contributed by atoms with Crippen molar-refractivity contribution >= 4 is 23.5 Å². The normalized spacial score (nSPS) is 25.3. The van der Waals surface area contributed by atoms with Gasteiger partial charge in [0.1, 0.15) is 0 Å². The molecule has 0 aliphatic heterocycles. The maximum atomic E-state index is 12.1. The van der Waals surface area contributed by atoms with Crippen molar-refractivity contribution in [3.8, 4) is 0 Å². The first-order valence-electron chi connectivity index (χ1n) is 9.44. The number of hydrogen-bond donors (Lipinski definition) is 2. The standard InChI is InChI=1S/C20H28ClN3O2/c1-13(17-10-14-7-8-15(17)9-14)22-20(26)23-19(25)12-24(2)11-16-5-3-4-6-18(16)21/h3-6,13-15,17H,7-12H2,1-2H3,(H2,22,23,25,26). The highest BCUT2D eigenvalue weighted by atomic mass is 35.5. The Labute approximate surface area is 160 Å². The van der Waals surface area contributed by atoms with Crippen LogP contribution in [0, 0.1) is 17.8 Å². The summed E-state index contributed by atoms with van der Waals surface area (Å²) in [4.78, 5) is 26.1. The first-order valence-corrected chi connectivity index (χ1v) is 9.82. The number of nitrogens with one attached hydrogen (secondary N) is 2. The largest absolute Gasteiger partial charge is 0.335 e. The van der Waals surface area contributed by atoms with E-state index in [9.17, 15) is 9.59 Å². The van der Waals surface area contributed by atoms with E-state index in [1.807, 2.05) is 36.2 Å². The summed E-state index contributed by atoms with van der Waals surface area (Å²) in [6.45, 7) is 2.75. The van der Waals surface area contributed by atoms with Crippen molar-refractivity contribution in [3.63, 3.8) is 0 Å². The molecule has 6 heteroatoms. The fourth-order valence-corrected chi connectivity index (χ4v) is 4.84. The molecule has 4 unspecified atom stereocenters. The molecular formula is C20H28ClN3O2. The van der Waals surface area contributed by atoms with Crippen molar-refractivity contribution in [1.29, 1.82) is 0 Å². The zero-order chi connectivity index (χ0) is 18.7. The Morgan fingerprint density at radius 3 is 2.69 bits per heavy atom. The van der Waals surface area contributed by atoms with Gasteiger partial charge in [-0.05, 0) is 62.6 Å². The molecule has 2 aliphatic carbocycles. The highest BCUT2D eigenvalue weighted by Gasteiger charge is 2.42. The van der Waals surface area contributed by atoms with Gasteiger partial charge in [-0.2, -0.15) is 0 Å². The zero-order valence-corrected chi connectivity index (χ0v) is 16.3. The van der Waals surface area contributed by atoms with E-state index in [1.54, 1.807) is 0 Å². The van der Waals surface area contributed by atoms with Crippen LogP contribution in [0.25, 0.3) is 0 Å². The van der Waals surface area contributed by atoms with Crippen molar-refractivity contribution in [1.82, 2.24) is 15.5 Å². The van der Waals surface area contributed by atoms with Crippen LogP contribution in [-0.4, -0.2) is 36.5 Å². The zero-order valence-electron chi connectivity index (χ0n) is 15.5. The highest BCUT2D eigenvalue weighted by Crippen LogP contribution is 2.49. The van der Waals surface area contributed by atoms with Gasteiger partial charge in [0.2, 0.25) is 5.91 Å². The summed E-state index contributed by atoms with van der Waals surface area (Å²) in [7, 11) is 1.83. The summed E-state index contributed by atoms with van der Waals surface area (Å²) < 4.78 is 0. The van der Waals surface area contributed by atoms with Gasteiger partial charge in [-0.15, -0.1) is 0 Å². The second kappa shape index (κ2) is 8.40. The average molecular weight is 378 g/mol. The maximum Gasteiger partial charge on any atom is 0.321 e. The molecule has 26 heavy (non-hydrogen) atoms. The van der Waals surface area contributed by atoms with Crippen LogP contribution >= 0.6 is 11.6 Å². The maximum absolute atomic E-state index is 12.1. The predicted octanol–water partition coefficient (Wildman–Crippen LogP) is 3.42. The topological polar surface area (TPSA) is 61.4 Å². The molecule has 2 saturated carbocycles. The summed E-state index contributed by atoms with van der Waals surface area (Å²) in [5.41, 5.74) is 0.957. The third kappa shape index (κ3) is 4.77. The number of amides is 3. The lowest BCUT2D eigenvalue weighted by molar-refractivity contribution is -0.121. The van der Waals surface area contributed by atoms with Crippen molar-refractivity contribution < 1.29 is 9.59 Å². The van der Waals surface area contributed by atoms with Crippen molar-refractivity contribution in [3.05, 3.63) is 34.9 Å². The summed E-state index contributed by atoms with van der Waals surface area (Å²) in [5.74, 6) is 1.83. The van der Waals surface area contributed by atoms with Crippen molar-refractivity contribution in [2.24, 2.45) is 17.8 Å². The monoisotopic (exact) mass is 377 g/mol. The minimum Gasteiger partial charge on any atom is -0.335 e. The molecule has 2 fully saturated rings. The Morgan fingerprint density at radius 1 is 1.27 bits per heavy atom. The Morgan fingerprint density at radius 2 is 2.04 bits per heavy atom. The second-order valence-corrected chi connectivity index (χ2v) is 8.32. The first-order chi connectivity index (χ1) is 12.4. The number of likely N-dealkylation sites (N-methyl/N-ethyl adjacent to an activating group) is 1. The third-order valence-electron chi connectivity index (χ3n) is 5.86. The number of urea groups is 1. The number of benzene rings is 1. The number of carbonyl (C=O) groups excluding carboxylic acids is 2. The second-order valence-electron chi connectivity index (χ2n) is 7.91. The SMILES string of the molecule is CC(NC(=O)NC(=O)CN(C)Cc1ccccc1Cl)C1CC2CCC1C2. The number of imide groups is 1. The molecule has 4 atom stereocenters. The summed E-state index contributed by atoms with van der Waals surface area (Å²) in [6, 6.07) is 7.27. The van der Waals surface area contributed by atoms with Gasteiger partial charge >= 0.3 is 6.03 Å². The van der Waals surface area contributed by atoms with Gasteiger partial charge in [-0.1, -0.05) is 36.2 Å². The molecular weight excluding hydrogens is 350 g/mol. The van der Waals surface area contributed by atoms with Crippen LogP contribution < -0.4 is 10.6 Å². The summed E-state index contributed by atoms with van der Waals surface area (Å²) >= 11 is 6.14. The summed E-state index contributed by atoms with van der Waals surface area (Å²) in [6.07, 6.45) is 5.15. The van der Waals surface area contributed by atoms with Gasteiger partial charge in [-0.25, -0.2) is 4.79 Å². The smallest absolute Gasteiger partial charge is 0.321 e. The van der Waals surface area contributed by atoms with Gasteiger partial charge in [0.25, 0.3) is 0 Å². The Hall–Kier alpha value is -1.59. The molecule has 2 aliphatic rings. The lowest BCUT2D eigenvalue weighted by atomic mass is 9.84. The van der Waals surface area contributed by atoms with Gasteiger partial charge in [0.15, 0.2) is 0 Å². The minimum atomic E-state index is -0.392. The fourth-order valence-electron chi connectivity index (χ4n) is 4.64. The predicted molar refractivity (Wildman–Crippen MR) is 103 cm³/mol. The van der Waals surface area contributed by atoms with Crippen molar-refractivity contribution in [2.75, 3.05) is 13.6 Å². The number of carbonyl (C=O) groups is 2. The van der Waals surface area contributed by atoms with Gasteiger partial charge in [0, 0.05) is 17.6 Å². The molecule has 2 bridgehead atoms. The van der Waals surface area contributed by atoms with E-state index in [2.05, 4.69) is 17.6 Å². The lowest BCUT2D eigenvalue weighted by Gasteiger charge is -2.28. The molecule has 0 saturated heterocycles. The molecule has 0 radical (unpaired) electrons. The molecule has 1 aromatic rings. The first kappa shape index (κ1) is 19.2. The average Bonchev–Trinajstić information content (AvgIpc) is 3.19. The molecule has 142 valence electrons. The number of nitrogens with zero attached hydrogens (tertiary/aromatic N) is 1. The molecule has 1 aromatic carbocycles. The van der Waals surface area contributed by atoms with Crippen molar-refractivity contribution in [2.45, 2.75) is 45.2 Å². The van der Waals surface area contributed by atoms with Crippen LogP contribution in [0.15, 0.2) is 24.3 Å². The minimum absolute atomic E-state index is 0.110. The van der Waals surface area contributed by atoms with Crippen LogP contribution in [0.5, 0.6) is 0 Å². The lowest BCUT2D eigenvalue weighted by Crippen LogP contribution is -2.48. The Balaban J connectivity index is 1.41. The van der Waals surface area contributed by atoms with Gasteiger partial charge in [-0.3, -0.25) is 15.0 Å². The number of fused-ring (bicyclic) bond motifs is 2.